The molecule has 1 aliphatic rings. The van der Waals surface area contributed by atoms with Gasteiger partial charge in [0.25, 0.3) is 0 Å². The summed E-state index contributed by atoms with van der Waals surface area (Å²) >= 11 is 0. The Kier molecular flexibility index (Phi) is 3.36. The lowest BCUT2D eigenvalue weighted by Gasteiger charge is -2.34. The molecule has 3 rings (SSSR count). The highest BCUT2D eigenvalue weighted by Gasteiger charge is 2.63. The zero-order valence-corrected chi connectivity index (χ0v) is 12.4. The molecule has 0 aromatic heterocycles. The third-order valence-corrected chi connectivity index (χ3v) is 4.08. The van der Waals surface area contributed by atoms with Crippen molar-refractivity contribution in [2.75, 3.05) is 0 Å². The molecule has 0 atom stereocenters. The Hall–Kier alpha value is -2.17. The Morgan fingerprint density at radius 2 is 1.39 bits per heavy atom. The van der Waals surface area contributed by atoms with Crippen molar-refractivity contribution in [3.63, 3.8) is 0 Å². The van der Waals surface area contributed by atoms with Crippen LogP contribution in [0, 0.1) is 19.7 Å². The van der Waals surface area contributed by atoms with Crippen LogP contribution in [0.3, 0.4) is 0 Å². The molecular formula is C18H13F5. The number of hydrogen-bond donors (Lipinski definition) is 0. The van der Waals surface area contributed by atoms with E-state index in [-0.39, 0.29) is 16.7 Å². The van der Waals surface area contributed by atoms with Crippen molar-refractivity contribution in [3.8, 4) is 0 Å². The molecule has 0 radical (unpaired) electrons. The average Bonchev–Trinajstić information content (AvgIpc) is 2.47. The summed E-state index contributed by atoms with van der Waals surface area (Å²) in [5.74, 6) is -10.4. The number of benzene rings is 2. The Morgan fingerprint density at radius 3 is 2.00 bits per heavy atom. The summed E-state index contributed by atoms with van der Waals surface area (Å²) < 4.78 is 71.7. The highest BCUT2D eigenvalue weighted by atomic mass is 19.3. The van der Waals surface area contributed by atoms with Gasteiger partial charge in [-0.15, -0.1) is 0 Å². The van der Waals surface area contributed by atoms with E-state index in [1.54, 1.807) is 19.1 Å². The first kappa shape index (κ1) is 15.7. The summed E-state index contributed by atoms with van der Waals surface area (Å²) in [6.45, 7) is 3.03. The fraction of sp³-hybridized carbons (Fsp3) is 0.222. The zero-order valence-electron chi connectivity index (χ0n) is 12.4. The van der Waals surface area contributed by atoms with Gasteiger partial charge < -0.3 is 0 Å². The molecule has 5 heteroatoms. The standard InChI is InChI=1S/C18H13F5/c1-10-3-6-12(7-4-10)14-9-13-8-5-11(2)16(19)15(13)18(22,23)17(14,20)21/h3-9H,1-2H3. The molecule has 0 amide bonds. The summed E-state index contributed by atoms with van der Waals surface area (Å²) in [5.41, 5.74) is -1.54. The maximum absolute atomic E-state index is 14.4. The van der Waals surface area contributed by atoms with Crippen LogP contribution in [0.2, 0.25) is 0 Å². The topological polar surface area (TPSA) is 0 Å². The van der Waals surface area contributed by atoms with Gasteiger partial charge in [-0.1, -0.05) is 42.0 Å². The van der Waals surface area contributed by atoms with Crippen LogP contribution in [0.5, 0.6) is 0 Å². The Bertz CT molecular complexity index is 801. The molecule has 1 aliphatic carbocycles. The van der Waals surface area contributed by atoms with E-state index < -0.39 is 28.8 Å². The molecule has 0 bridgehead atoms. The molecule has 23 heavy (non-hydrogen) atoms. The van der Waals surface area contributed by atoms with Crippen molar-refractivity contribution in [1.29, 1.82) is 0 Å². The van der Waals surface area contributed by atoms with E-state index in [0.29, 0.717) is 0 Å². The largest absolute Gasteiger partial charge is 0.343 e. The van der Waals surface area contributed by atoms with Gasteiger partial charge in [-0.2, -0.15) is 17.6 Å². The second-order valence-electron chi connectivity index (χ2n) is 5.73. The van der Waals surface area contributed by atoms with Crippen molar-refractivity contribution in [2.24, 2.45) is 0 Å². The number of hydrogen-bond acceptors (Lipinski definition) is 0. The second-order valence-corrected chi connectivity index (χ2v) is 5.73. The number of halogens is 5. The van der Waals surface area contributed by atoms with Crippen LogP contribution >= 0.6 is 0 Å². The predicted molar refractivity (Wildman–Crippen MR) is 79.0 cm³/mol. The molecule has 0 aliphatic heterocycles. The van der Waals surface area contributed by atoms with Gasteiger partial charge in [-0.25, -0.2) is 4.39 Å². The van der Waals surface area contributed by atoms with Crippen molar-refractivity contribution >= 4 is 11.6 Å². The third kappa shape index (κ3) is 2.18. The minimum atomic E-state index is -4.62. The molecular weight excluding hydrogens is 311 g/mol. The van der Waals surface area contributed by atoms with Crippen molar-refractivity contribution < 1.29 is 22.0 Å². The predicted octanol–water partition coefficient (Wildman–Crippen LogP) is 5.72. The number of fused-ring (bicyclic) bond motifs is 1. The number of alkyl halides is 4. The summed E-state index contributed by atoms with van der Waals surface area (Å²) in [5, 5.41) is 0. The van der Waals surface area contributed by atoms with Gasteiger partial charge in [0.15, 0.2) is 0 Å². The first-order chi connectivity index (χ1) is 10.7. The van der Waals surface area contributed by atoms with Gasteiger partial charge in [0.2, 0.25) is 0 Å². The molecule has 0 spiro atoms. The van der Waals surface area contributed by atoms with Crippen LogP contribution in [0.1, 0.15) is 27.8 Å². The number of rotatable bonds is 1. The molecule has 0 unspecified atom stereocenters. The number of aryl methyl sites for hydroxylation is 2. The van der Waals surface area contributed by atoms with Crippen LogP contribution in [0.4, 0.5) is 22.0 Å². The minimum Gasteiger partial charge on any atom is -0.206 e. The number of allylic oxidation sites excluding steroid dienone is 1. The van der Waals surface area contributed by atoms with E-state index in [9.17, 15) is 22.0 Å². The minimum absolute atomic E-state index is 0.00749. The van der Waals surface area contributed by atoms with Gasteiger partial charge in [0.1, 0.15) is 5.82 Å². The highest BCUT2D eigenvalue weighted by molar-refractivity contribution is 5.89. The van der Waals surface area contributed by atoms with Crippen LogP contribution in [0.15, 0.2) is 36.4 Å². The second kappa shape index (κ2) is 4.91. The van der Waals surface area contributed by atoms with E-state index in [1.165, 1.54) is 31.2 Å². The van der Waals surface area contributed by atoms with Crippen molar-refractivity contribution in [2.45, 2.75) is 25.7 Å². The van der Waals surface area contributed by atoms with E-state index in [1.807, 2.05) is 0 Å². The molecule has 0 fully saturated rings. The Labute approximate surface area is 130 Å². The monoisotopic (exact) mass is 324 g/mol. The first-order valence-electron chi connectivity index (χ1n) is 7.00. The molecule has 0 N–H and O–H groups in total. The van der Waals surface area contributed by atoms with Crippen LogP contribution in [0.25, 0.3) is 11.6 Å². The lowest BCUT2D eigenvalue weighted by molar-refractivity contribution is -0.182. The fourth-order valence-corrected chi connectivity index (χ4v) is 2.70. The lowest BCUT2D eigenvalue weighted by Crippen LogP contribution is -2.42. The Balaban J connectivity index is 2.31. The summed E-state index contributed by atoms with van der Waals surface area (Å²) in [6.07, 6.45) is 0.944. The van der Waals surface area contributed by atoms with Gasteiger partial charge in [0, 0.05) is 5.57 Å². The first-order valence-corrected chi connectivity index (χ1v) is 7.00. The zero-order chi connectivity index (χ0) is 17.0. The lowest BCUT2D eigenvalue weighted by atomic mass is 9.82. The SMILES string of the molecule is Cc1ccc(C2=Cc3ccc(C)c(F)c3C(F)(F)C2(F)F)cc1. The third-order valence-electron chi connectivity index (χ3n) is 4.08. The highest BCUT2D eigenvalue weighted by Crippen LogP contribution is 2.55. The molecule has 0 nitrogen and oxygen atoms in total. The molecule has 0 heterocycles. The van der Waals surface area contributed by atoms with Gasteiger partial charge in [-0.05, 0) is 36.6 Å². The summed E-state index contributed by atoms with van der Waals surface area (Å²) in [7, 11) is 0. The van der Waals surface area contributed by atoms with Crippen molar-refractivity contribution in [3.05, 3.63) is 70.0 Å². The average molecular weight is 324 g/mol. The Morgan fingerprint density at radius 1 is 0.783 bits per heavy atom. The van der Waals surface area contributed by atoms with Crippen LogP contribution in [-0.2, 0) is 5.92 Å². The maximum atomic E-state index is 14.4. The molecule has 2 aromatic carbocycles. The molecule has 120 valence electrons. The summed E-state index contributed by atoms with van der Waals surface area (Å²) in [6, 6.07) is 8.40. The van der Waals surface area contributed by atoms with Gasteiger partial charge in [-0.3, -0.25) is 0 Å². The van der Waals surface area contributed by atoms with E-state index >= 15 is 0 Å². The van der Waals surface area contributed by atoms with Crippen LogP contribution < -0.4 is 0 Å². The van der Waals surface area contributed by atoms with Gasteiger partial charge in [0.05, 0.1) is 5.56 Å². The van der Waals surface area contributed by atoms with Gasteiger partial charge >= 0.3 is 11.8 Å². The van der Waals surface area contributed by atoms with Crippen LogP contribution in [-0.4, -0.2) is 5.92 Å². The van der Waals surface area contributed by atoms with E-state index in [4.69, 9.17) is 0 Å². The maximum Gasteiger partial charge on any atom is 0.343 e. The molecule has 0 saturated carbocycles. The van der Waals surface area contributed by atoms with E-state index in [0.717, 1.165) is 11.6 Å². The quantitative estimate of drug-likeness (QED) is 0.588. The smallest absolute Gasteiger partial charge is 0.206 e. The molecule has 0 saturated heterocycles. The summed E-state index contributed by atoms with van der Waals surface area (Å²) in [4.78, 5) is 0. The molecule has 2 aromatic rings. The normalized spacial score (nSPS) is 18.3. The van der Waals surface area contributed by atoms with E-state index in [2.05, 4.69) is 0 Å². The fourth-order valence-electron chi connectivity index (χ4n) is 2.70. The van der Waals surface area contributed by atoms with Crippen molar-refractivity contribution in [1.82, 2.24) is 0 Å².